The van der Waals surface area contributed by atoms with Crippen LogP contribution in [0, 0.1) is 0 Å². The third-order valence-corrected chi connectivity index (χ3v) is 3.34. The smallest absolute Gasteiger partial charge is 0.265 e. The Kier molecular flexibility index (Phi) is 4.51. The van der Waals surface area contributed by atoms with Crippen molar-refractivity contribution < 1.29 is 23.5 Å². The van der Waals surface area contributed by atoms with Gasteiger partial charge in [-0.3, -0.25) is 19.5 Å². The Labute approximate surface area is 141 Å². The van der Waals surface area contributed by atoms with E-state index in [4.69, 9.17) is 9.15 Å². The lowest BCUT2D eigenvalue weighted by Gasteiger charge is -2.02. The number of nitrogens with zero attached hydrogens (tertiary/aromatic N) is 2. The Bertz CT molecular complexity index is 910. The molecule has 1 N–H and O–H groups in total. The Morgan fingerprint density at radius 3 is 2.56 bits per heavy atom. The molecular formula is C17H13N3O5. The molecule has 2 heterocycles. The van der Waals surface area contributed by atoms with E-state index in [1.807, 2.05) is 0 Å². The molecule has 0 unspecified atom stereocenters. The predicted molar refractivity (Wildman–Crippen MR) is 84.7 cm³/mol. The minimum Gasteiger partial charge on any atom is -0.465 e. The topological polar surface area (TPSA) is 115 Å². The Morgan fingerprint density at radius 1 is 1.16 bits per heavy atom. The fraction of sp³-hybridized carbons (Fsp3) is 0.118. The monoisotopic (exact) mass is 339 g/mol. The maximum atomic E-state index is 11.9. The number of H-pyrrole nitrogens is 1. The number of hydrogen-bond acceptors (Lipinski definition) is 7. The minimum absolute atomic E-state index is 0.0351. The standard InChI is InChI=1S/C17H13N3O5/c1-10(21)11-2-4-12(5-3-11)25-14-6-13(24-8-14)7-15(22)16(23)17-18-9-19-20-17/h2-6,8-9H,7H2,1H3,(H,18,19,20). The number of rotatable bonds is 7. The number of ketones is 3. The van der Waals surface area contributed by atoms with Crippen molar-refractivity contribution in [1.82, 2.24) is 15.2 Å². The number of furan rings is 1. The van der Waals surface area contributed by atoms with Crippen molar-refractivity contribution in [2.45, 2.75) is 13.3 Å². The summed E-state index contributed by atoms with van der Waals surface area (Å²) < 4.78 is 10.8. The normalized spacial score (nSPS) is 10.4. The van der Waals surface area contributed by atoms with Crippen LogP contribution >= 0.6 is 0 Å². The van der Waals surface area contributed by atoms with Crippen LogP contribution in [0.2, 0.25) is 0 Å². The molecule has 0 atom stereocenters. The highest BCUT2D eigenvalue weighted by Gasteiger charge is 2.21. The fourth-order valence-electron chi connectivity index (χ4n) is 2.09. The van der Waals surface area contributed by atoms with Crippen molar-refractivity contribution in [3.63, 3.8) is 0 Å². The average molecular weight is 339 g/mol. The Morgan fingerprint density at radius 2 is 1.92 bits per heavy atom. The summed E-state index contributed by atoms with van der Waals surface area (Å²) in [6.45, 7) is 1.48. The van der Waals surface area contributed by atoms with Gasteiger partial charge in [-0.25, -0.2) is 4.98 Å². The number of Topliss-reactive ketones (excluding diaryl/α,β-unsaturated/α-hetero) is 3. The number of aromatic nitrogens is 3. The van der Waals surface area contributed by atoms with E-state index >= 15 is 0 Å². The van der Waals surface area contributed by atoms with Crippen LogP contribution in [0.4, 0.5) is 0 Å². The second-order valence-corrected chi connectivity index (χ2v) is 5.19. The fourth-order valence-corrected chi connectivity index (χ4v) is 2.09. The molecule has 0 bridgehead atoms. The largest absolute Gasteiger partial charge is 0.465 e. The lowest BCUT2D eigenvalue weighted by atomic mass is 10.1. The highest BCUT2D eigenvalue weighted by atomic mass is 16.5. The van der Waals surface area contributed by atoms with Crippen molar-refractivity contribution in [1.29, 1.82) is 0 Å². The van der Waals surface area contributed by atoms with Crippen LogP contribution < -0.4 is 4.74 Å². The molecule has 8 nitrogen and oxygen atoms in total. The van der Waals surface area contributed by atoms with Gasteiger partial charge in [0.25, 0.3) is 5.78 Å². The molecule has 0 aliphatic carbocycles. The Hall–Kier alpha value is -3.55. The summed E-state index contributed by atoms with van der Waals surface area (Å²) in [6.07, 6.45) is 2.27. The highest BCUT2D eigenvalue weighted by Crippen LogP contribution is 2.24. The first-order valence-electron chi connectivity index (χ1n) is 7.32. The summed E-state index contributed by atoms with van der Waals surface area (Å²) in [5.41, 5.74) is 0.580. The van der Waals surface area contributed by atoms with Crippen molar-refractivity contribution in [3.05, 3.63) is 60.1 Å². The van der Waals surface area contributed by atoms with E-state index in [9.17, 15) is 14.4 Å². The van der Waals surface area contributed by atoms with E-state index in [0.717, 1.165) is 6.33 Å². The maximum absolute atomic E-state index is 11.9. The Balaban J connectivity index is 1.63. The van der Waals surface area contributed by atoms with Gasteiger partial charge in [0, 0.05) is 11.6 Å². The SMILES string of the molecule is CC(=O)c1ccc(Oc2coc(CC(=O)C(=O)c3ncn[nH]3)c2)cc1. The van der Waals surface area contributed by atoms with Gasteiger partial charge in [-0.05, 0) is 31.2 Å². The van der Waals surface area contributed by atoms with Crippen molar-refractivity contribution >= 4 is 17.3 Å². The summed E-state index contributed by atoms with van der Waals surface area (Å²) in [7, 11) is 0. The molecule has 25 heavy (non-hydrogen) atoms. The predicted octanol–water partition coefficient (Wildman–Crippen LogP) is 2.39. The van der Waals surface area contributed by atoms with Crippen LogP contribution in [0.1, 0.15) is 33.7 Å². The van der Waals surface area contributed by atoms with Gasteiger partial charge in [-0.1, -0.05) is 0 Å². The van der Waals surface area contributed by atoms with E-state index in [0.29, 0.717) is 17.1 Å². The van der Waals surface area contributed by atoms with Gasteiger partial charge in [0.05, 0.1) is 6.42 Å². The molecule has 3 aromatic rings. The molecule has 0 spiro atoms. The van der Waals surface area contributed by atoms with Crippen LogP contribution in [0.5, 0.6) is 11.5 Å². The quantitative estimate of drug-likeness (QED) is 0.519. The minimum atomic E-state index is -0.767. The molecule has 0 saturated carbocycles. The maximum Gasteiger partial charge on any atom is 0.265 e. The molecule has 2 aromatic heterocycles. The summed E-state index contributed by atoms with van der Waals surface area (Å²) in [5, 5.41) is 5.87. The highest BCUT2D eigenvalue weighted by molar-refractivity contribution is 6.42. The van der Waals surface area contributed by atoms with E-state index in [-0.39, 0.29) is 23.8 Å². The van der Waals surface area contributed by atoms with E-state index in [1.54, 1.807) is 24.3 Å². The molecule has 3 rings (SSSR count). The molecule has 126 valence electrons. The molecule has 0 saturated heterocycles. The summed E-state index contributed by atoms with van der Waals surface area (Å²) >= 11 is 0. The number of benzene rings is 1. The molecule has 0 aliphatic rings. The zero-order valence-corrected chi connectivity index (χ0v) is 13.2. The number of nitrogens with one attached hydrogen (secondary N) is 1. The van der Waals surface area contributed by atoms with Gasteiger partial charge in [-0.15, -0.1) is 0 Å². The number of carbonyl (C=O) groups is 3. The first-order chi connectivity index (χ1) is 12.0. The van der Waals surface area contributed by atoms with Gasteiger partial charge in [0.2, 0.25) is 5.78 Å². The summed E-state index contributed by atoms with van der Waals surface area (Å²) in [5.74, 6) is -0.412. The molecule has 8 heteroatoms. The number of carbonyl (C=O) groups excluding carboxylic acids is 3. The van der Waals surface area contributed by atoms with E-state index < -0.39 is 11.6 Å². The van der Waals surface area contributed by atoms with Gasteiger partial charge in [0.1, 0.15) is 24.1 Å². The first-order valence-corrected chi connectivity index (χ1v) is 7.32. The van der Waals surface area contributed by atoms with Crippen LogP contribution in [-0.2, 0) is 11.2 Å². The van der Waals surface area contributed by atoms with E-state index in [2.05, 4.69) is 15.2 Å². The van der Waals surface area contributed by atoms with Crippen LogP contribution in [0.15, 0.2) is 47.3 Å². The lowest BCUT2D eigenvalue weighted by Crippen LogP contribution is -2.17. The molecule has 0 aliphatic heterocycles. The third kappa shape index (κ3) is 3.86. The zero-order valence-electron chi connectivity index (χ0n) is 13.2. The van der Waals surface area contributed by atoms with Gasteiger partial charge < -0.3 is 9.15 Å². The summed E-state index contributed by atoms with van der Waals surface area (Å²) in [6, 6.07) is 8.13. The van der Waals surface area contributed by atoms with Crippen molar-refractivity contribution in [3.8, 4) is 11.5 Å². The lowest BCUT2D eigenvalue weighted by molar-refractivity contribution is -0.114. The molecule has 0 radical (unpaired) electrons. The van der Waals surface area contributed by atoms with Crippen molar-refractivity contribution in [2.75, 3.05) is 0 Å². The van der Waals surface area contributed by atoms with Crippen LogP contribution in [0.25, 0.3) is 0 Å². The van der Waals surface area contributed by atoms with Gasteiger partial charge >= 0.3 is 0 Å². The second-order valence-electron chi connectivity index (χ2n) is 5.19. The molecule has 0 amide bonds. The summed E-state index contributed by atoms with van der Waals surface area (Å²) in [4.78, 5) is 38.6. The zero-order chi connectivity index (χ0) is 17.8. The first kappa shape index (κ1) is 16.3. The molecule has 0 fully saturated rings. The van der Waals surface area contributed by atoms with Gasteiger partial charge in [-0.2, -0.15) is 5.10 Å². The van der Waals surface area contributed by atoms with Crippen LogP contribution in [0.3, 0.4) is 0 Å². The van der Waals surface area contributed by atoms with Gasteiger partial charge in [0.15, 0.2) is 17.4 Å². The number of aromatic amines is 1. The van der Waals surface area contributed by atoms with Crippen molar-refractivity contribution in [2.24, 2.45) is 0 Å². The third-order valence-electron chi connectivity index (χ3n) is 3.34. The number of hydrogen-bond donors (Lipinski definition) is 1. The van der Waals surface area contributed by atoms with Crippen LogP contribution in [-0.4, -0.2) is 32.5 Å². The molecule has 1 aromatic carbocycles. The van der Waals surface area contributed by atoms with E-state index in [1.165, 1.54) is 19.3 Å². The average Bonchev–Trinajstić information content (AvgIpc) is 3.27. The molecular weight excluding hydrogens is 326 g/mol. The number of ether oxygens (including phenoxy) is 1. The second kappa shape index (κ2) is 6.91.